The predicted molar refractivity (Wildman–Crippen MR) is 57.1 cm³/mol. The highest BCUT2D eigenvalue weighted by Gasteiger charge is 2.29. The molecule has 1 aliphatic heterocycles. The molecular formula is C9H13N5O3. The number of carboxylic acids is 1. The maximum Gasteiger partial charge on any atom is 0.308 e. The Labute approximate surface area is 96.8 Å². The van der Waals surface area contributed by atoms with Crippen LogP contribution in [0.25, 0.3) is 0 Å². The number of nitrogens with one attached hydrogen (secondary N) is 1. The lowest BCUT2D eigenvalue weighted by Crippen LogP contribution is -2.42. The molecule has 0 radical (unpaired) electrons. The van der Waals surface area contributed by atoms with Gasteiger partial charge in [0, 0.05) is 13.1 Å². The molecular weight excluding hydrogens is 226 g/mol. The Kier molecular flexibility index (Phi) is 2.94. The quantitative estimate of drug-likeness (QED) is 0.628. The Balaban J connectivity index is 2.07. The normalized spacial score (nSPS) is 20.2. The summed E-state index contributed by atoms with van der Waals surface area (Å²) in [7, 11) is 0. The monoisotopic (exact) mass is 239 g/mol. The first-order valence-electron chi connectivity index (χ1n) is 5.28. The zero-order valence-electron chi connectivity index (χ0n) is 9.09. The van der Waals surface area contributed by atoms with Gasteiger partial charge >= 0.3 is 5.97 Å². The van der Waals surface area contributed by atoms with E-state index in [0.717, 1.165) is 0 Å². The fourth-order valence-electron chi connectivity index (χ4n) is 1.88. The van der Waals surface area contributed by atoms with Crippen LogP contribution in [0.3, 0.4) is 0 Å². The van der Waals surface area contributed by atoms with Crippen molar-refractivity contribution >= 4 is 17.8 Å². The van der Waals surface area contributed by atoms with E-state index in [4.69, 9.17) is 10.8 Å². The van der Waals surface area contributed by atoms with Gasteiger partial charge in [0.05, 0.1) is 5.92 Å². The number of carboxylic acid groups (broad SMARTS) is 1. The maximum absolute atomic E-state index is 11.9. The summed E-state index contributed by atoms with van der Waals surface area (Å²) in [6.45, 7) is 0.734. The third-order valence-corrected chi connectivity index (χ3v) is 2.76. The van der Waals surface area contributed by atoms with Gasteiger partial charge in [-0.2, -0.15) is 4.98 Å². The van der Waals surface area contributed by atoms with Crippen molar-refractivity contribution in [2.45, 2.75) is 12.8 Å². The first kappa shape index (κ1) is 11.4. The van der Waals surface area contributed by atoms with Gasteiger partial charge in [-0.25, -0.2) is 0 Å². The molecule has 1 aromatic rings. The summed E-state index contributed by atoms with van der Waals surface area (Å²) in [6.07, 6.45) is 1.27. The Morgan fingerprint density at radius 1 is 1.53 bits per heavy atom. The summed E-state index contributed by atoms with van der Waals surface area (Å²) in [5.41, 5.74) is 5.30. The van der Waals surface area contributed by atoms with Gasteiger partial charge in [0.15, 0.2) is 0 Å². The molecule has 0 aliphatic carbocycles. The molecule has 1 saturated heterocycles. The number of piperidine rings is 1. The van der Waals surface area contributed by atoms with Crippen LogP contribution in [0.2, 0.25) is 0 Å². The number of nitrogens with zero attached hydrogens (tertiary/aromatic N) is 3. The number of nitrogens with two attached hydrogens (primary N) is 1. The van der Waals surface area contributed by atoms with Crippen molar-refractivity contribution in [2.75, 3.05) is 18.8 Å². The molecule has 17 heavy (non-hydrogen) atoms. The van der Waals surface area contributed by atoms with Crippen LogP contribution in [0.15, 0.2) is 0 Å². The Morgan fingerprint density at radius 2 is 2.29 bits per heavy atom. The molecule has 0 aromatic carbocycles. The minimum Gasteiger partial charge on any atom is -0.481 e. The molecule has 2 rings (SSSR count). The number of rotatable bonds is 2. The minimum absolute atomic E-state index is 0.000133. The molecule has 0 spiro atoms. The van der Waals surface area contributed by atoms with Crippen LogP contribution >= 0.6 is 0 Å². The lowest BCUT2D eigenvalue weighted by atomic mass is 9.98. The van der Waals surface area contributed by atoms with Crippen LogP contribution in [0.1, 0.15) is 23.5 Å². The predicted octanol–water partition coefficient (Wildman–Crippen LogP) is -0.676. The van der Waals surface area contributed by atoms with E-state index in [1.807, 2.05) is 0 Å². The van der Waals surface area contributed by atoms with Gasteiger partial charge in [0.1, 0.15) is 0 Å². The number of H-pyrrole nitrogens is 1. The zero-order valence-corrected chi connectivity index (χ0v) is 9.09. The molecule has 92 valence electrons. The first-order chi connectivity index (χ1) is 8.08. The van der Waals surface area contributed by atoms with Crippen molar-refractivity contribution in [3.05, 3.63) is 5.82 Å². The van der Waals surface area contributed by atoms with Crippen LogP contribution < -0.4 is 5.73 Å². The van der Waals surface area contributed by atoms with Crippen molar-refractivity contribution in [1.82, 2.24) is 20.1 Å². The highest BCUT2D eigenvalue weighted by molar-refractivity contribution is 5.91. The van der Waals surface area contributed by atoms with Crippen molar-refractivity contribution in [3.8, 4) is 0 Å². The van der Waals surface area contributed by atoms with E-state index in [2.05, 4.69) is 15.2 Å². The van der Waals surface area contributed by atoms with Gasteiger partial charge in [-0.1, -0.05) is 0 Å². The van der Waals surface area contributed by atoms with Crippen molar-refractivity contribution < 1.29 is 14.7 Å². The van der Waals surface area contributed by atoms with Gasteiger partial charge in [-0.3, -0.25) is 14.7 Å². The van der Waals surface area contributed by atoms with E-state index >= 15 is 0 Å². The lowest BCUT2D eigenvalue weighted by molar-refractivity contribution is -0.143. The third kappa shape index (κ3) is 2.35. The lowest BCUT2D eigenvalue weighted by Gasteiger charge is -2.29. The van der Waals surface area contributed by atoms with Gasteiger partial charge in [0.2, 0.25) is 11.8 Å². The molecule has 2 heterocycles. The number of aromatic nitrogens is 3. The topological polar surface area (TPSA) is 125 Å². The summed E-state index contributed by atoms with van der Waals surface area (Å²) in [5.74, 6) is -1.69. The number of likely N-dealkylation sites (tertiary alicyclic amines) is 1. The standard InChI is InChI=1S/C9H13N5O3/c10-9-11-6(12-13-9)7(15)14-3-1-2-5(4-14)8(16)17/h5H,1-4H2,(H,16,17)(H3,10,11,12,13)/t5-/m0/s1. The molecule has 0 bridgehead atoms. The number of carbonyl (C=O) groups is 2. The van der Waals surface area contributed by atoms with E-state index in [0.29, 0.717) is 19.4 Å². The number of aromatic amines is 1. The minimum atomic E-state index is -0.875. The number of nitrogen functional groups attached to an aromatic ring is 1. The maximum atomic E-state index is 11.9. The molecule has 8 heteroatoms. The highest BCUT2D eigenvalue weighted by atomic mass is 16.4. The number of carbonyl (C=O) groups excluding carboxylic acids is 1. The molecule has 1 amide bonds. The summed E-state index contributed by atoms with van der Waals surface area (Å²) in [4.78, 5) is 28.0. The van der Waals surface area contributed by atoms with E-state index < -0.39 is 11.9 Å². The zero-order chi connectivity index (χ0) is 12.4. The van der Waals surface area contributed by atoms with Crippen LogP contribution in [-0.2, 0) is 4.79 Å². The van der Waals surface area contributed by atoms with Crippen molar-refractivity contribution in [3.63, 3.8) is 0 Å². The smallest absolute Gasteiger partial charge is 0.308 e. The summed E-state index contributed by atoms with van der Waals surface area (Å²) in [6, 6.07) is 0. The van der Waals surface area contributed by atoms with E-state index in [1.165, 1.54) is 4.90 Å². The average molecular weight is 239 g/mol. The van der Waals surface area contributed by atoms with E-state index in [1.54, 1.807) is 0 Å². The fraction of sp³-hybridized carbons (Fsp3) is 0.556. The van der Waals surface area contributed by atoms with Gasteiger partial charge < -0.3 is 15.7 Å². The number of amides is 1. The Morgan fingerprint density at radius 3 is 2.88 bits per heavy atom. The molecule has 1 atom stereocenters. The number of anilines is 1. The molecule has 8 nitrogen and oxygen atoms in total. The van der Waals surface area contributed by atoms with Crippen molar-refractivity contribution in [2.24, 2.45) is 5.92 Å². The van der Waals surface area contributed by atoms with Gasteiger partial charge in [0.25, 0.3) is 5.91 Å². The second-order valence-corrected chi connectivity index (χ2v) is 3.97. The Bertz CT molecular complexity index is 444. The second kappa shape index (κ2) is 4.40. The fourth-order valence-corrected chi connectivity index (χ4v) is 1.88. The molecule has 0 unspecified atom stereocenters. The molecule has 1 fully saturated rings. The largest absolute Gasteiger partial charge is 0.481 e. The number of hydrogen-bond acceptors (Lipinski definition) is 5. The SMILES string of the molecule is Nc1n[nH]c(C(=O)N2CCC[C@H](C(=O)O)C2)n1. The summed E-state index contributed by atoms with van der Waals surface area (Å²) in [5, 5.41) is 14.9. The van der Waals surface area contributed by atoms with Gasteiger partial charge in [-0.15, -0.1) is 5.10 Å². The van der Waals surface area contributed by atoms with Crippen LogP contribution in [-0.4, -0.2) is 50.2 Å². The Hall–Kier alpha value is -2.12. The number of hydrogen-bond donors (Lipinski definition) is 3. The van der Waals surface area contributed by atoms with Gasteiger partial charge in [-0.05, 0) is 12.8 Å². The summed E-state index contributed by atoms with van der Waals surface area (Å²) < 4.78 is 0. The van der Waals surface area contributed by atoms with Crippen LogP contribution in [0, 0.1) is 5.92 Å². The first-order valence-corrected chi connectivity index (χ1v) is 5.28. The molecule has 4 N–H and O–H groups in total. The average Bonchev–Trinajstić information content (AvgIpc) is 2.75. The molecule has 0 saturated carbocycles. The number of aliphatic carboxylic acids is 1. The van der Waals surface area contributed by atoms with E-state index in [9.17, 15) is 9.59 Å². The van der Waals surface area contributed by atoms with Crippen LogP contribution in [0.4, 0.5) is 5.95 Å². The van der Waals surface area contributed by atoms with Crippen LogP contribution in [0.5, 0.6) is 0 Å². The second-order valence-electron chi connectivity index (χ2n) is 3.97. The summed E-state index contributed by atoms with van der Waals surface area (Å²) >= 11 is 0. The molecule has 1 aliphatic rings. The van der Waals surface area contributed by atoms with Crippen molar-refractivity contribution in [1.29, 1.82) is 0 Å². The third-order valence-electron chi connectivity index (χ3n) is 2.76. The van der Waals surface area contributed by atoms with E-state index in [-0.39, 0.29) is 24.2 Å². The highest BCUT2D eigenvalue weighted by Crippen LogP contribution is 2.17. The molecule has 1 aromatic heterocycles.